The van der Waals surface area contributed by atoms with E-state index in [0.29, 0.717) is 12.8 Å². The zero-order chi connectivity index (χ0) is 43.2. The highest BCUT2D eigenvalue weighted by molar-refractivity contribution is 7.47. The predicted molar refractivity (Wildman–Crippen MR) is 247 cm³/mol. The van der Waals surface area contributed by atoms with Crippen molar-refractivity contribution in [3.05, 3.63) is 48.6 Å². The number of hydrogen-bond donors (Lipinski definition) is 2. The predicted octanol–water partition coefficient (Wildman–Crippen LogP) is 14.3. The number of phosphoric acid groups is 1. The van der Waals surface area contributed by atoms with E-state index in [0.717, 1.165) is 64.2 Å². The van der Waals surface area contributed by atoms with E-state index in [4.69, 9.17) is 24.3 Å². The summed E-state index contributed by atoms with van der Waals surface area (Å²) in [6.07, 6.45) is 53.0. The molecule has 0 aliphatic rings. The zero-order valence-electron chi connectivity index (χ0n) is 38.0. The molecule has 0 aromatic rings. The molecule has 59 heavy (non-hydrogen) atoms. The van der Waals surface area contributed by atoms with Crippen molar-refractivity contribution < 1.29 is 37.6 Å². The van der Waals surface area contributed by atoms with Gasteiger partial charge in [-0.1, -0.05) is 184 Å². The summed E-state index contributed by atoms with van der Waals surface area (Å²) < 4.78 is 32.8. The lowest BCUT2D eigenvalue weighted by molar-refractivity contribution is -0.161. The summed E-state index contributed by atoms with van der Waals surface area (Å²) >= 11 is 0. The molecule has 0 bridgehead atoms. The monoisotopic (exact) mass is 852 g/mol. The van der Waals surface area contributed by atoms with Gasteiger partial charge in [-0.15, -0.1) is 0 Å². The minimum Gasteiger partial charge on any atom is -0.462 e. The summed E-state index contributed by atoms with van der Waals surface area (Å²) in [5, 5.41) is 0. The van der Waals surface area contributed by atoms with Crippen molar-refractivity contribution in [1.82, 2.24) is 0 Å². The first kappa shape index (κ1) is 57.0. The van der Waals surface area contributed by atoms with Gasteiger partial charge >= 0.3 is 19.8 Å². The van der Waals surface area contributed by atoms with Gasteiger partial charge in [0.2, 0.25) is 0 Å². The van der Waals surface area contributed by atoms with Crippen LogP contribution in [-0.4, -0.2) is 49.3 Å². The number of ether oxygens (including phenoxy) is 2. The molecule has 0 aromatic heterocycles. The number of unbranched alkanes of at least 4 members (excludes halogenated alkanes) is 25. The van der Waals surface area contributed by atoms with Gasteiger partial charge in [0.05, 0.1) is 13.2 Å². The standard InChI is InChI=1S/C49H90NO8P/c1-3-5-7-9-11-13-15-17-19-20-21-22-23-24-25-26-28-30-32-34-36-38-40-42-49(52)58-47(46-57-59(53,54)56-44-43-50)45-55-48(51)41-39-37-35-33-31-29-27-18-16-14-12-10-8-6-4-2/h14,16,18,26-28,34,36,47H,3-13,15,17,19-25,29-33,35,37-46,50H2,1-2H3,(H,53,54)/b16-14+,27-18+,28-26+,36-34+/t47-/m1/s1. The van der Waals surface area contributed by atoms with Crippen LogP contribution < -0.4 is 5.73 Å². The molecule has 344 valence electrons. The molecule has 0 aliphatic carbocycles. The molecule has 0 saturated carbocycles. The summed E-state index contributed by atoms with van der Waals surface area (Å²) in [7, 11) is -4.39. The van der Waals surface area contributed by atoms with Crippen molar-refractivity contribution in [3.8, 4) is 0 Å². The van der Waals surface area contributed by atoms with Crippen LogP contribution in [0.3, 0.4) is 0 Å². The van der Waals surface area contributed by atoms with Crippen LogP contribution in [-0.2, 0) is 32.7 Å². The number of hydrogen-bond acceptors (Lipinski definition) is 8. The minimum atomic E-state index is -4.39. The Morgan fingerprint density at radius 1 is 0.508 bits per heavy atom. The highest BCUT2D eigenvalue weighted by Gasteiger charge is 2.26. The van der Waals surface area contributed by atoms with E-state index >= 15 is 0 Å². The van der Waals surface area contributed by atoms with Crippen LogP contribution in [0.25, 0.3) is 0 Å². The summed E-state index contributed by atoms with van der Waals surface area (Å²) in [6, 6.07) is 0. The maximum atomic E-state index is 12.6. The van der Waals surface area contributed by atoms with Gasteiger partial charge in [-0.3, -0.25) is 18.6 Å². The van der Waals surface area contributed by atoms with E-state index in [1.165, 1.54) is 116 Å². The number of allylic oxidation sites excluding steroid dienone is 8. The lowest BCUT2D eigenvalue weighted by Gasteiger charge is -2.19. The van der Waals surface area contributed by atoms with Crippen LogP contribution in [0.4, 0.5) is 0 Å². The van der Waals surface area contributed by atoms with Crippen molar-refractivity contribution in [2.45, 2.75) is 225 Å². The number of nitrogens with two attached hydrogens (primary N) is 1. The van der Waals surface area contributed by atoms with Gasteiger partial charge < -0.3 is 20.1 Å². The molecule has 0 rings (SSSR count). The van der Waals surface area contributed by atoms with Gasteiger partial charge in [-0.25, -0.2) is 4.57 Å². The average Bonchev–Trinajstić information content (AvgIpc) is 3.22. The van der Waals surface area contributed by atoms with Crippen LogP contribution in [0.15, 0.2) is 48.6 Å². The van der Waals surface area contributed by atoms with Gasteiger partial charge in [0.15, 0.2) is 6.10 Å². The fourth-order valence-electron chi connectivity index (χ4n) is 6.59. The molecule has 0 amide bonds. The number of carbonyl (C=O) groups is 2. The van der Waals surface area contributed by atoms with Gasteiger partial charge in [0.1, 0.15) is 6.61 Å². The Kier molecular flexibility index (Phi) is 43.9. The second-order valence-corrected chi connectivity index (χ2v) is 17.4. The van der Waals surface area contributed by atoms with Crippen LogP contribution >= 0.6 is 7.82 Å². The van der Waals surface area contributed by atoms with Crippen LogP contribution in [0, 0.1) is 0 Å². The Hall–Kier alpha value is -2.03. The first-order valence-corrected chi connectivity index (χ1v) is 25.6. The summed E-state index contributed by atoms with van der Waals surface area (Å²) in [6.45, 7) is 3.67. The molecule has 3 N–H and O–H groups in total. The number of rotatable bonds is 45. The van der Waals surface area contributed by atoms with E-state index in [-0.39, 0.29) is 32.6 Å². The quantitative estimate of drug-likeness (QED) is 0.0202. The molecule has 0 spiro atoms. The van der Waals surface area contributed by atoms with Gasteiger partial charge in [-0.05, 0) is 70.6 Å². The fourth-order valence-corrected chi connectivity index (χ4v) is 7.35. The van der Waals surface area contributed by atoms with E-state index < -0.39 is 32.5 Å². The number of esters is 2. The summed E-state index contributed by atoms with van der Waals surface area (Å²) in [5.74, 6) is -0.893. The maximum absolute atomic E-state index is 12.6. The lowest BCUT2D eigenvalue weighted by atomic mass is 10.0. The van der Waals surface area contributed by atoms with E-state index in [2.05, 4.69) is 62.5 Å². The largest absolute Gasteiger partial charge is 0.472 e. The SMILES string of the molecule is CCCCCC/C=C/C=C/CCCCCCCC(=O)OC[C@H](COP(=O)(O)OCCN)OC(=O)CCC/C=C/CC/C=C/CCCCCCCCCCCCCCCC. The Morgan fingerprint density at radius 3 is 1.42 bits per heavy atom. The highest BCUT2D eigenvalue weighted by atomic mass is 31.2. The van der Waals surface area contributed by atoms with Gasteiger partial charge in [-0.2, -0.15) is 0 Å². The first-order chi connectivity index (χ1) is 28.8. The Labute approximate surface area is 362 Å². The van der Waals surface area contributed by atoms with Crippen molar-refractivity contribution in [2.75, 3.05) is 26.4 Å². The van der Waals surface area contributed by atoms with E-state index in [1.54, 1.807) is 0 Å². The topological polar surface area (TPSA) is 134 Å². The van der Waals surface area contributed by atoms with Gasteiger partial charge in [0.25, 0.3) is 0 Å². The number of carbonyl (C=O) groups excluding carboxylic acids is 2. The van der Waals surface area contributed by atoms with Crippen LogP contribution in [0.1, 0.15) is 219 Å². The fraction of sp³-hybridized carbons (Fsp3) is 0.796. The number of phosphoric ester groups is 1. The van der Waals surface area contributed by atoms with Crippen LogP contribution in [0.2, 0.25) is 0 Å². The Balaban J connectivity index is 4.14. The molecule has 0 fully saturated rings. The molecular weight excluding hydrogens is 762 g/mol. The molecular formula is C49H90NO8P. The van der Waals surface area contributed by atoms with Crippen molar-refractivity contribution >= 4 is 19.8 Å². The van der Waals surface area contributed by atoms with Crippen LogP contribution in [0.5, 0.6) is 0 Å². The molecule has 0 aromatic carbocycles. The highest BCUT2D eigenvalue weighted by Crippen LogP contribution is 2.43. The third kappa shape index (κ3) is 45.3. The van der Waals surface area contributed by atoms with Gasteiger partial charge in [0, 0.05) is 19.4 Å². The molecule has 0 radical (unpaired) electrons. The Bertz CT molecular complexity index is 1110. The first-order valence-electron chi connectivity index (χ1n) is 24.1. The molecule has 9 nitrogen and oxygen atoms in total. The molecule has 0 heterocycles. The average molecular weight is 852 g/mol. The Morgan fingerprint density at radius 2 is 0.915 bits per heavy atom. The summed E-state index contributed by atoms with van der Waals surface area (Å²) in [4.78, 5) is 34.9. The maximum Gasteiger partial charge on any atom is 0.472 e. The third-order valence-electron chi connectivity index (χ3n) is 10.2. The zero-order valence-corrected chi connectivity index (χ0v) is 38.9. The molecule has 1 unspecified atom stereocenters. The van der Waals surface area contributed by atoms with Crippen molar-refractivity contribution in [2.24, 2.45) is 5.73 Å². The van der Waals surface area contributed by atoms with Crippen molar-refractivity contribution in [1.29, 1.82) is 0 Å². The van der Waals surface area contributed by atoms with Crippen molar-refractivity contribution in [3.63, 3.8) is 0 Å². The smallest absolute Gasteiger partial charge is 0.462 e. The molecule has 2 atom stereocenters. The second-order valence-electron chi connectivity index (χ2n) is 16.0. The summed E-state index contributed by atoms with van der Waals surface area (Å²) in [5.41, 5.74) is 5.35. The van der Waals surface area contributed by atoms with E-state index in [9.17, 15) is 19.0 Å². The molecule has 10 heteroatoms. The lowest BCUT2D eigenvalue weighted by Crippen LogP contribution is -2.29. The normalized spacial score (nSPS) is 13.6. The third-order valence-corrected chi connectivity index (χ3v) is 11.2. The van der Waals surface area contributed by atoms with E-state index in [1.807, 2.05) is 0 Å². The second kappa shape index (κ2) is 45.5. The molecule has 0 aliphatic heterocycles. The molecule has 0 saturated heterocycles. The minimum absolute atomic E-state index is 0.0442.